The Labute approximate surface area is 197 Å². The predicted octanol–water partition coefficient (Wildman–Crippen LogP) is 6.76. The van der Waals surface area contributed by atoms with Crippen LogP contribution in [0.4, 0.5) is 18.9 Å². The number of hydrogen-bond acceptors (Lipinski definition) is 3. The third-order valence-electron chi connectivity index (χ3n) is 5.64. The van der Waals surface area contributed by atoms with Gasteiger partial charge < -0.3 is 14.8 Å². The lowest BCUT2D eigenvalue weighted by Gasteiger charge is -2.32. The zero-order valence-electron chi connectivity index (χ0n) is 20.9. The Balaban J connectivity index is 0. The van der Waals surface area contributed by atoms with Gasteiger partial charge in [-0.15, -0.1) is 13.2 Å². The van der Waals surface area contributed by atoms with Crippen molar-refractivity contribution in [2.45, 2.75) is 85.4 Å². The number of benzene rings is 1. The summed E-state index contributed by atoms with van der Waals surface area (Å²) in [5, 5.41) is 10.4. The van der Waals surface area contributed by atoms with Crippen molar-refractivity contribution in [2.75, 3.05) is 11.4 Å². The van der Waals surface area contributed by atoms with Gasteiger partial charge in [-0.1, -0.05) is 59.6 Å². The maximum absolute atomic E-state index is 12.9. The Kier molecular flexibility index (Phi) is 16.5. The van der Waals surface area contributed by atoms with Crippen LogP contribution in [0.2, 0.25) is 0 Å². The van der Waals surface area contributed by atoms with E-state index in [2.05, 4.69) is 33.9 Å². The predicted molar refractivity (Wildman–Crippen MR) is 130 cm³/mol. The van der Waals surface area contributed by atoms with Crippen LogP contribution in [0.15, 0.2) is 37.4 Å². The van der Waals surface area contributed by atoms with Crippen LogP contribution in [0.5, 0.6) is 0 Å². The molecule has 0 radical (unpaired) electrons. The highest BCUT2D eigenvalue weighted by molar-refractivity contribution is 6.00. The van der Waals surface area contributed by atoms with Crippen LogP contribution in [0, 0.1) is 11.3 Å². The fourth-order valence-corrected chi connectivity index (χ4v) is 3.60. The third-order valence-corrected chi connectivity index (χ3v) is 5.64. The minimum Gasteiger partial charge on any atom is -0.392 e. The van der Waals surface area contributed by atoms with Crippen LogP contribution in [0.1, 0.15) is 72.3 Å². The number of halogens is 3. The van der Waals surface area contributed by atoms with E-state index < -0.39 is 24.1 Å². The first-order valence-corrected chi connectivity index (χ1v) is 11.4. The Hall–Kier alpha value is -2.15. The molecule has 1 heterocycles. The van der Waals surface area contributed by atoms with E-state index in [1.165, 1.54) is 18.6 Å². The summed E-state index contributed by atoms with van der Waals surface area (Å²) in [4.78, 5) is 22.5. The molecular weight excluding hydrogens is 431 g/mol. The number of hydrogen-bond donors (Lipinski definition) is 1. The molecule has 2 unspecified atom stereocenters. The molecule has 2 rings (SSSR count). The van der Waals surface area contributed by atoms with Gasteiger partial charge in [-0.05, 0) is 42.9 Å². The highest BCUT2D eigenvalue weighted by Gasteiger charge is 2.50. The Morgan fingerprint density at radius 1 is 1.06 bits per heavy atom. The third kappa shape index (κ3) is 10.5. The monoisotopic (exact) mass is 473 g/mol. The summed E-state index contributed by atoms with van der Waals surface area (Å²) in [6, 6.07) is 5.93. The summed E-state index contributed by atoms with van der Waals surface area (Å²) in [6.45, 7) is 19.0. The van der Waals surface area contributed by atoms with Crippen LogP contribution < -0.4 is 4.90 Å². The van der Waals surface area contributed by atoms with E-state index in [4.69, 9.17) is 4.79 Å². The van der Waals surface area contributed by atoms with Crippen molar-refractivity contribution in [1.29, 1.82) is 0 Å². The van der Waals surface area contributed by atoms with E-state index in [9.17, 15) is 23.1 Å². The highest BCUT2D eigenvalue weighted by atomic mass is 19.4. The number of aliphatic hydroxyl groups excluding tert-OH is 1. The maximum Gasteiger partial charge on any atom is 0.393 e. The molecule has 0 aromatic heterocycles. The van der Waals surface area contributed by atoms with Gasteiger partial charge in [0.25, 0.3) is 0 Å². The summed E-state index contributed by atoms with van der Waals surface area (Å²) < 4.78 is 37.3. The molecule has 1 aromatic rings. The molecule has 1 aliphatic rings. The van der Waals surface area contributed by atoms with Gasteiger partial charge in [0.15, 0.2) is 0 Å². The maximum atomic E-state index is 12.9. The first-order valence-electron chi connectivity index (χ1n) is 11.4. The average Bonchev–Trinajstić information content (AvgIpc) is 3.13. The summed E-state index contributed by atoms with van der Waals surface area (Å²) >= 11 is 0. The van der Waals surface area contributed by atoms with E-state index in [1.807, 2.05) is 20.6 Å². The van der Waals surface area contributed by atoms with Crippen LogP contribution >= 0.6 is 0 Å². The van der Waals surface area contributed by atoms with Gasteiger partial charge in [-0.25, -0.2) is 0 Å². The van der Waals surface area contributed by atoms with Crippen molar-refractivity contribution < 1.29 is 27.9 Å². The molecule has 0 aliphatic carbocycles. The molecular formula is C26H42F3NO3. The lowest BCUT2D eigenvalue weighted by atomic mass is 9.75. The van der Waals surface area contributed by atoms with E-state index in [-0.39, 0.29) is 11.5 Å². The quantitative estimate of drug-likeness (QED) is 0.445. The van der Waals surface area contributed by atoms with Gasteiger partial charge in [0.05, 0.1) is 17.9 Å². The van der Waals surface area contributed by atoms with Crippen LogP contribution in [-0.2, 0) is 16.0 Å². The summed E-state index contributed by atoms with van der Waals surface area (Å²) in [6.07, 6.45) is -2.13. The Bertz CT molecular complexity index is 660. The lowest BCUT2D eigenvalue weighted by Crippen LogP contribution is -2.43. The second kappa shape index (κ2) is 16.5. The van der Waals surface area contributed by atoms with Crippen molar-refractivity contribution in [3.63, 3.8) is 0 Å². The van der Waals surface area contributed by atoms with Gasteiger partial charge in [-0.3, -0.25) is 4.79 Å². The molecule has 0 bridgehead atoms. The fraction of sp³-hybridized carbons (Fsp3) is 0.615. The van der Waals surface area contributed by atoms with Gasteiger partial charge in [-0.2, -0.15) is 13.2 Å². The number of rotatable bonds is 7. The molecule has 33 heavy (non-hydrogen) atoms. The Morgan fingerprint density at radius 3 is 1.91 bits per heavy atom. The lowest BCUT2D eigenvalue weighted by molar-refractivity contribution is -0.132. The van der Waals surface area contributed by atoms with Gasteiger partial charge in [0, 0.05) is 12.2 Å². The standard InChI is InChI=1S/C18H24F3NO2.C5H12.C2H4.CH2O/c1-3-9-17(15(23)4-2)10-11-22(16(17)24)14-7-5-13(6-8-14)12-18(19,20)21;1-4-5(2)3;2*1-2/h5-8,15,23H,3-4,9-12H2,1-2H3;5H,4H2,1-3H3;1-2H2;1H2. The van der Waals surface area contributed by atoms with Gasteiger partial charge >= 0.3 is 6.18 Å². The molecule has 1 N–H and O–H groups in total. The molecule has 7 heteroatoms. The molecule has 1 saturated heterocycles. The Morgan fingerprint density at radius 2 is 1.55 bits per heavy atom. The van der Waals surface area contributed by atoms with Crippen LogP contribution in [0.25, 0.3) is 0 Å². The largest absolute Gasteiger partial charge is 0.393 e. The number of nitrogens with zero attached hydrogens (tertiary/aromatic N) is 1. The zero-order chi connectivity index (χ0) is 26.2. The second-order valence-electron chi connectivity index (χ2n) is 8.30. The summed E-state index contributed by atoms with van der Waals surface area (Å²) in [5.74, 6) is 0.761. The normalized spacial score (nSPS) is 18.4. The molecule has 0 spiro atoms. The van der Waals surface area contributed by atoms with Gasteiger partial charge in [0.2, 0.25) is 5.91 Å². The zero-order valence-corrected chi connectivity index (χ0v) is 20.9. The first kappa shape index (κ1) is 33.0. The van der Waals surface area contributed by atoms with E-state index in [1.54, 1.807) is 17.0 Å². The summed E-state index contributed by atoms with van der Waals surface area (Å²) in [7, 11) is 0. The van der Waals surface area contributed by atoms with Crippen molar-refractivity contribution in [3.8, 4) is 0 Å². The van der Waals surface area contributed by atoms with Crippen molar-refractivity contribution in [1.82, 2.24) is 0 Å². The number of carbonyl (C=O) groups excluding carboxylic acids is 2. The van der Waals surface area contributed by atoms with Crippen LogP contribution in [-0.4, -0.2) is 36.6 Å². The van der Waals surface area contributed by atoms with E-state index >= 15 is 0 Å². The highest BCUT2D eigenvalue weighted by Crippen LogP contribution is 2.42. The number of aliphatic hydroxyl groups is 1. The number of anilines is 1. The number of amides is 1. The molecule has 1 amide bonds. The van der Waals surface area contributed by atoms with E-state index in [0.717, 1.165) is 12.3 Å². The van der Waals surface area contributed by atoms with E-state index in [0.29, 0.717) is 31.5 Å². The molecule has 4 nitrogen and oxygen atoms in total. The minimum atomic E-state index is -4.24. The second-order valence-corrected chi connectivity index (χ2v) is 8.30. The fourth-order valence-electron chi connectivity index (χ4n) is 3.60. The molecule has 1 aromatic carbocycles. The molecule has 1 fully saturated rings. The first-order chi connectivity index (χ1) is 15.5. The molecule has 2 atom stereocenters. The minimum absolute atomic E-state index is 0.123. The molecule has 0 saturated carbocycles. The average molecular weight is 474 g/mol. The topological polar surface area (TPSA) is 57.6 Å². The van der Waals surface area contributed by atoms with Crippen molar-refractivity contribution >= 4 is 18.4 Å². The van der Waals surface area contributed by atoms with Crippen LogP contribution in [0.3, 0.4) is 0 Å². The summed E-state index contributed by atoms with van der Waals surface area (Å²) in [5.41, 5.74) is -0.00719. The van der Waals surface area contributed by atoms with Crippen molar-refractivity contribution in [2.24, 2.45) is 11.3 Å². The van der Waals surface area contributed by atoms with Crippen molar-refractivity contribution in [3.05, 3.63) is 43.0 Å². The molecule has 1 aliphatic heterocycles. The smallest absolute Gasteiger partial charge is 0.392 e. The van der Waals surface area contributed by atoms with Gasteiger partial charge in [0.1, 0.15) is 6.79 Å². The SMILES string of the molecule is C=C.C=O.CCC(C)C.CCCC1(C(O)CC)CCN(c2ccc(CC(F)(F)F)cc2)C1=O. The number of carbonyl (C=O) groups is 2. The number of alkyl halides is 3. The molecule has 190 valence electrons.